The van der Waals surface area contributed by atoms with Crippen molar-refractivity contribution >= 4 is 0 Å². The fourth-order valence-electron chi connectivity index (χ4n) is 1.71. The molecule has 2 atom stereocenters. The molecule has 2 unspecified atom stereocenters. The molecule has 0 aromatic rings. The molecule has 0 aliphatic carbocycles. The van der Waals surface area contributed by atoms with Crippen molar-refractivity contribution in [2.75, 3.05) is 6.61 Å². The molecule has 13 heavy (non-hydrogen) atoms. The summed E-state index contributed by atoms with van der Waals surface area (Å²) in [6.45, 7) is 2.38. The normalized spacial score (nSPS) is 35.3. The summed E-state index contributed by atoms with van der Waals surface area (Å²) >= 11 is 0. The summed E-state index contributed by atoms with van der Waals surface area (Å²) in [6.07, 6.45) is -0.174. The SMILES string of the molecule is CCCC1CC(N)(C(F)F)CCO1. The van der Waals surface area contributed by atoms with E-state index in [0.717, 1.165) is 12.8 Å². The Morgan fingerprint density at radius 2 is 2.31 bits per heavy atom. The quantitative estimate of drug-likeness (QED) is 0.743. The van der Waals surface area contributed by atoms with Crippen molar-refractivity contribution in [3.8, 4) is 0 Å². The van der Waals surface area contributed by atoms with Gasteiger partial charge in [0.15, 0.2) is 0 Å². The fourth-order valence-corrected chi connectivity index (χ4v) is 1.71. The van der Waals surface area contributed by atoms with Gasteiger partial charge in [-0.3, -0.25) is 0 Å². The van der Waals surface area contributed by atoms with Crippen molar-refractivity contribution in [2.24, 2.45) is 5.73 Å². The molecule has 0 radical (unpaired) electrons. The van der Waals surface area contributed by atoms with Crippen LogP contribution in [-0.2, 0) is 4.74 Å². The van der Waals surface area contributed by atoms with Crippen LogP contribution in [0.15, 0.2) is 0 Å². The molecule has 1 fully saturated rings. The van der Waals surface area contributed by atoms with E-state index in [1.54, 1.807) is 0 Å². The zero-order valence-electron chi connectivity index (χ0n) is 7.93. The summed E-state index contributed by atoms with van der Waals surface area (Å²) in [6, 6.07) is 0. The van der Waals surface area contributed by atoms with Gasteiger partial charge in [-0.1, -0.05) is 13.3 Å². The van der Waals surface area contributed by atoms with Crippen LogP contribution in [0.2, 0.25) is 0 Å². The van der Waals surface area contributed by atoms with E-state index in [4.69, 9.17) is 10.5 Å². The third-order valence-corrected chi connectivity index (χ3v) is 2.57. The molecule has 78 valence electrons. The zero-order valence-corrected chi connectivity index (χ0v) is 7.93. The van der Waals surface area contributed by atoms with Gasteiger partial charge in [0.1, 0.15) is 0 Å². The van der Waals surface area contributed by atoms with Gasteiger partial charge in [0, 0.05) is 6.61 Å². The van der Waals surface area contributed by atoms with E-state index < -0.39 is 12.0 Å². The Balaban J connectivity index is 2.49. The molecule has 0 bridgehead atoms. The number of ether oxygens (including phenoxy) is 1. The molecule has 0 spiro atoms. The van der Waals surface area contributed by atoms with Crippen LogP contribution < -0.4 is 5.73 Å². The highest BCUT2D eigenvalue weighted by molar-refractivity contribution is 4.92. The maximum absolute atomic E-state index is 12.5. The highest BCUT2D eigenvalue weighted by Crippen LogP contribution is 2.29. The predicted molar refractivity (Wildman–Crippen MR) is 46.8 cm³/mol. The third kappa shape index (κ3) is 2.61. The second-order valence-corrected chi connectivity index (χ2v) is 3.77. The molecule has 0 saturated carbocycles. The monoisotopic (exact) mass is 193 g/mol. The number of rotatable bonds is 3. The minimum atomic E-state index is -2.43. The summed E-state index contributed by atoms with van der Waals surface area (Å²) in [5.41, 5.74) is 4.29. The van der Waals surface area contributed by atoms with E-state index in [1.165, 1.54) is 0 Å². The Morgan fingerprint density at radius 3 is 2.85 bits per heavy atom. The molecule has 1 aliphatic rings. The molecular formula is C9H17F2NO. The summed E-state index contributed by atoms with van der Waals surface area (Å²) in [4.78, 5) is 0. The van der Waals surface area contributed by atoms with E-state index in [0.29, 0.717) is 13.0 Å². The zero-order chi connectivity index (χ0) is 9.90. The van der Waals surface area contributed by atoms with Gasteiger partial charge in [-0.15, -0.1) is 0 Å². The van der Waals surface area contributed by atoms with Gasteiger partial charge < -0.3 is 10.5 Å². The Hall–Kier alpha value is -0.220. The molecular weight excluding hydrogens is 176 g/mol. The topological polar surface area (TPSA) is 35.2 Å². The first-order chi connectivity index (χ1) is 6.08. The van der Waals surface area contributed by atoms with Gasteiger partial charge in [-0.05, 0) is 19.3 Å². The second kappa shape index (κ2) is 4.33. The lowest BCUT2D eigenvalue weighted by atomic mass is 9.87. The van der Waals surface area contributed by atoms with Crippen LogP contribution in [-0.4, -0.2) is 24.7 Å². The van der Waals surface area contributed by atoms with Crippen molar-refractivity contribution in [3.05, 3.63) is 0 Å². The summed E-state index contributed by atoms with van der Waals surface area (Å²) in [5.74, 6) is 0. The molecule has 2 N–H and O–H groups in total. The molecule has 1 aliphatic heterocycles. The minimum absolute atomic E-state index is 0.0715. The standard InChI is InChI=1S/C9H17F2NO/c1-2-3-7-6-9(12,8(10)11)4-5-13-7/h7-8H,2-6,12H2,1H3. The lowest BCUT2D eigenvalue weighted by Crippen LogP contribution is -2.53. The minimum Gasteiger partial charge on any atom is -0.378 e. The predicted octanol–water partition coefficient (Wildman–Crippen LogP) is 1.93. The van der Waals surface area contributed by atoms with E-state index in [9.17, 15) is 8.78 Å². The molecule has 0 amide bonds. The highest BCUT2D eigenvalue weighted by Gasteiger charge is 2.40. The first kappa shape index (κ1) is 10.9. The van der Waals surface area contributed by atoms with Crippen molar-refractivity contribution in [3.63, 3.8) is 0 Å². The maximum atomic E-state index is 12.5. The van der Waals surface area contributed by atoms with Crippen molar-refractivity contribution in [1.82, 2.24) is 0 Å². The number of alkyl halides is 2. The van der Waals surface area contributed by atoms with Crippen LogP contribution in [0.4, 0.5) is 8.78 Å². The number of hydrogen-bond donors (Lipinski definition) is 1. The molecule has 0 aromatic carbocycles. The van der Waals surface area contributed by atoms with Gasteiger partial charge in [-0.25, -0.2) is 8.78 Å². The van der Waals surface area contributed by atoms with Gasteiger partial charge in [0.2, 0.25) is 0 Å². The van der Waals surface area contributed by atoms with Gasteiger partial charge in [0.25, 0.3) is 6.43 Å². The van der Waals surface area contributed by atoms with Crippen LogP contribution in [0.3, 0.4) is 0 Å². The van der Waals surface area contributed by atoms with Gasteiger partial charge >= 0.3 is 0 Å². The van der Waals surface area contributed by atoms with Crippen LogP contribution in [0.25, 0.3) is 0 Å². The first-order valence-corrected chi connectivity index (χ1v) is 4.77. The lowest BCUT2D eigenvalue weighted by molar-refractivity contribution is -0.0710. The Kier molecular flexibility index (Phi) is 3.62. The Bertz CT molecular complexity index is 164. The summed E-state index contributed by atoms with van der Waals surface area (Å²) < 4.78 is 30.4. The molecule has 4 heteroatoms. The van der Waals surface area contributed by atoms with Crippen LogP contribution in [0.5, 0.6) is 0 Å². The summed E-state index contributed by atoms with van der Waals surface area (Å²) in [5, 5.41) is 0. The first-order valence-electron chi connectivity index (χ1n) is 4.77. The molecule has 2 nitrogen and oxygen atoms in total. The van der Waals surface area contributed by atoms with E-state index in [1.807, 2.05) is 6.92 Å². The highest BCUT2D eigenvalue weighted by atomic mass is 19.3. The van der Waals surface area contributed by atoms with Crippen molar-refractivity contribution in [1.29, 1.82) is 0 Å². The van der Waals surface area contributed by atoms with Gasteiger partial charge in [-0.2, -0.15) is 0 Å². The Morgan fingerprint density at radius 1 is 1.62 bits per heavy atom. The van der Waals surface area contributed by atoms with Gasteiger partial charge in [0.05, 0.1) is 11.6 Å². The lowest BCUT2D eigenvalue weighted by Gasteiger charge is -2.37. The number of hydrogen-bond acceptors (Lipinski definition) is 2. The van der Waals surface area contributed by atoms with Crippen LogP contribution >= 0.6 is 0 Å². The third-order valence-electron chi connectivity index (χ3n) is 2.57. The van der Waals surface area contributed by atoms with Crippen molar-refractivity contribution in [2.45, 2.75) is 50.7 Å². The van der Waals surface area contributed by atoms with E-state index in [2.05, 4.69) is 0 Å². The smallest absolute Gasteiger partial charge is 0.256 e. The largest absolute Gasteiger partial charge is 0.378 e. The molecule has 1 saturated heterocycles. The average Bonchev–Trinajstić information content (AvgIpc) is 2.04. The van der Waals surface area contributed by atoms with Crippen molar-refractivity contribution < 1.29 is 13.5 Å². The molecule has 0 aromatic heterocycles. The number of halogens is 2. The second-order valence-electron chi connectivity index (χ2n) is 3.77. The van der Waals surface area contributed by atoms with E-state index in [-0.39, 0.29) is 12.5 Å². The van der Waals surface area contributed by atoms with E-state index >= 15 is 0 Å². The van der Waals surface area contributed by atoms with Crippen LogP contribution in [0, 0.1) is 0 Å². The maximum Gasteiger partial charge on any atom is 0.256 e. The average molecular weight is 193 g/mol. The van der Waals surface area contributed by atoms with Crippen LogP contribution in [0.1, 0.15) is 32.6 Å². The molecule has 1 rings (SSSR count). The summed E-state index contributed by atoms with van der Waals surface area (Å²) in [7, 11) is 0. The molecule has 1 heterocycles. The number of nitrogens with two attached hydrogens (primary N) is 1. The Labute approximate surface area is 77.4 Å². The fraction of sp³-hybridized carbons (Fsp3) is 1.00.